The average Bonchev–Trinajstić information content (AvgIpc) is 3.08. The standard InChI is InChI=1S/C19H21F3N4O2/c1-11(2)26(10-16(27)15-9-23-3-4-24-15)18(28)13-5-12-7-17(19(20,21)22)25-8-14(12)6-13/h3-4,7-9,11,13,16,27H,5-6,10H2,1-2H3. The Bertz CT molecular complexity index is 843. The van der Waals surface area contributed by atoms with Gasteiger partial charge in [-0.2, -0.15) is 13.2 Å². The fourth-order valence-electron chi connectivity index (χ4n) is 3.38. The number of carbonyl (C=O) groups is 1. The van der Waals surface area contributed by atoms with Gasteiger partial charge in [-0.3, -0.25) is 19.7 Å². The van der Waals surface area contributed by atoms with Crippen molar-refractivity contribution in [2.24, 2.45) is 5.92 Å². The fraction of sp³-hybridized carbons (Fsp3) is 0.474. The van der Waals surface area contributed by atoms with Crippen molar-refractivity contribution in [3.05, 3.63) is 53.4 Å². The molecule has 0 radical (unpaired) electrons. The van der Waals surface area contributed by atoms with Gasteiger partial charge < -0.3 is 10.0 Å². The van der Waals surface area contributed by atoms with Gasteiger partial charge in [0.1, 0.15) is 11.8 Å². The Balaban J connectivity index is 1.74. The molecule has 0 aromatic carbocycles. The summed E-state index contributed by atoms with van der Waals surface area (Å²) in [6.45, 7) is 3.69. The lowest BCUT2D eigenvalue weighted by atomic mass is 10.0. The predicted octanol–water partition coefficient (Wildman–Crippen LogP) is 2.58. The molecule has 1 aliphatic carbocycles. The molecule has 2 unspecified atom stereocenters. The summed E-state index contributed by atoms with van der Waals surface area (Å²) in [6.07, 6.45) is 0.639. The van der Waals surface area contributed by atoms with Crippen LogP contribution in [0.2, 0.25) is 0 Å². The molecule has 2 aromatic rings. The Morgan fingerprint density at radius 1 is 1.21 bits per heavy atom. The van der Waals surface area contributed by atoms with E-state index in [2.05, 4.69) is 15.0 Å². The third-order valence-corrected chi connectivity index (χ3v) is 4.86. The highest BCUT2D eigenvalue weighted by molar-refractivity contribution is 5.80. The van der Waals surface area contributed by atoms with Crippen molar-refractivity contribution in [1.29, 1.82) is 0 Å². The Labute approximate surface area is 160 Å². The zero-order chi connectivity index (χ0) is 20.5. The number of aliphatic hydroxyl groups is 1. The van der Waals surface area contributed by atoms with Crippen LogP contribution >= 0.6 is 0 Å². The molecule has 1 aliphatic rings. The van der Waals surface area contributed by atoms with Crippen LogP contribution < -0.4 is 0 Å². The molecule has 0 saturated carbocycles. The summed E-state index contributed by atoms with van der Waals surface area (Å²) >= 11 is 0. The lowest BCUT2D eigenvalue weighted by molar-refractivity contribution is -0.141. The van der Waals surface area contributed by atoms with Crippen LogP contribution in [0, 0.1) is 5.92 Å². The largest absolute Gasteiger partial charge is 0.433 e. The molecular weight excluding hydrogens is 373 g/mol. The van der Waals surface area contributed by atoms with Gasteiger partial charge >= 0.3 is 6.18 Å². The first-order valence-electron chi connectivity index (χ1n) is 8.96. The van der Waals surface area contributed by atoms with Gasteiger partial charge in [0, 0.05) is 30.6 Å². The van der Waals surface area contributed by atoms with Crippen LogP contribution in [0.1, 0.15) is 42.5 Å². The molecule has 0 fully saturated rings. The SMILES string of the molecule is CC(C)N(CC(O)c1cnccn1)C(=O)C1Cc2cnc(C(F)(F)F)cc2C1. The second-order valence-corrected chi connectivity index (χ2v) is 7.17. The third-order valence-electron chi connectivity index (χ3n) is 4.86. The normalized spacial score (nSPS) is 17.5. The summed E-state index contributed by atoms with van der Waals surface area (Å²) in [5.41, 5.74) is 0.566. The number of hydrogen-bond donors (Lipinski definition) is 1. The van der Waals surface area contributed by atoms with E-state index >= 15 is 0 Å². The number of fused-ring (bicyclic) bond motifs is 1. The predicted molar refractivity (Wildman–Crippen MR) is 94.0 cm³/mol. The van der Waals surface area contributed by atoms with E-state index < -0.39 is 23.9 Å². The highest BCUT2D eigenvalue weighted by Gasteiger charge is 2.37. The molecule has 0 spiro atoms. The molecule has 28 heavy (non-hydrogen) atoms. The highest BCUT2D eigenvalue weighted by Crippen LogP contribution is 2.34. The minimum Gasteiger partial charge on any atom is -0.385 e. The molecule has 2 aromatic heterocycles. The van der Waals surface area contributed by atoms with Crippen LogP contribution in [0.5, 0.6) is 0 Å². The van der Waals surface area contributed by atoms with Gasteiger partial charge in [0.25, 0.3) is 0 Å². The van der Waals surface area contributed by atoms with Crippen molar-refractivity contribution in [1.82, 2.24) is 19.9 Å². The lowest BCUT2D eigenvalue weighted by Gasteiger charge is -2.31. The summed E-state index contributed by atoms with van der Waals surface area (Å²) in [5, 5.41) is 10.4. The first-order valence-corrected chi connectivity index (χ1v) is 8.96. The Hall–Kier alpha value is -2.55. The molecule has 9 heteroatoms. The zero-order valence-corrected chi connectivity index (χ0v) is 15.5. The van der Waals surface area contributed by atoms with Crippen molar-refractivity contribution in [2.45, 2.75) is 45.0 Å². The van der Waals surface area contributed by atoms with E-state index in [4.69, 9.17) is 0 Å². The number of aliphatic hydroxyl groups excluding tert-OH is 1. The number of alkyl halides is 3. The Kier molecular flexibility index (Phi) is 5.64. The maximum atomic E-state index is 13.0. The van der Waals surface area contributed by atoms with Crippen LogP contribution in [0.3, 0.4) is 0 Å². The van der Waals surface area contributed by atoms with Crippen LogP contribution in [-0.2, 0) is 23.8 Å². The first kappa shape index (κ1) is 20.2. The number of hydrogen-bond acceptors (Lipinski definition) is 5. The first-order chi connectivity index (χ1) is 13.2. The van der Waals surface area contributed by atoms with Crippen molar-refractivity contribution >= 4 is 5.91 Å². The van der Waals surface area contributed by atoms with Crippen molar-refractivity contribution in [3.8, 4) is 0 Å². The minimum atomic E-state index is -4.51. The van der Waals surface area contributed by atoms with E-state index in [1.807, 2.05) is 13.8 Å². The smallest absolute Gasteiger partial charge is 0.385 e. The fourth-order valence-corrected chi connectivity index (χ4v) is 3.38. The number of halogens is 3. The molecule has 0 aliphatic heterocycles. The number of nitrogens with zero attached hydrogens (tertiary/aromatic N) is 4. The van der Waals surface area contributed by atoms with Crippen LogP contribution in [-0.4, -0.2) is 43.5 Å². The summed E-state index contributed by atoms with van der Waals surface area (Å²) in [5.74, 6) is -0.681. The number of pyridine rings is 1. The molecule has 0 bridgehead atoms. The Morgan fingerprint density at radius 3 is 2.54 bits per heavy atom. The molecule has 0 saturated heterocycles. The van der Waals surface area contributed by atoms with Gasteiger partial charge in [0.2, 0.25) is 5.91 Å². The van der Waals surface area contributed by atoms with E-state index in [0.717, 1.165) is 6.07 Å². The second kappa shape index (κ2) is 7.83. The van der Waals surface area contributed by atoms with E-state index in [0.29, 0.717) is 23.2 Å². The monoisotopic (exact) mass is 394 g/mol. The number of amides is 1. The van der Waals surface area contributed by atoms with Gasteiger partial charge in [-0.15, -0.1) is 0 Å². The van der Waals surface area contributed by atoms with Crippen LogP contribution in [0.25, 0.3) is 0 Å². The average molecular weight is 394 g/mol. The van der Waals surface area contributed by atoms with E-state index in [1.54, 1.807) is 0 Å². The van der Waals surface area contributed by atoms with Gasteiger partial charge in [-0.05, 0) is 43.9 Å². The molecule has 2 heterocycles. The molecule has 1 N–H and O–H groups in total. The van der Waals surface area contributed by atoms with Gasteiger partial charge in [-0.1, -0.05) is 0 Å². The lowest BCUT2D eigenvalue weighted by Crippen LogP contribution is -2.43. The van der Waals surface area contributed by atoms with Crippen molar-refractivity contribution < 1.29 is 23.1 Å². The number of carbonyl (C=O) groups excluding carboxylic acids is 1. The topological polar surface area (TPSA) is 79.2 Å². The van der Waals surface area contributed by atoms with Gasteiger partial charge in [0.05, 0.1) is 18.4 Å². The maximum Gasteiger partial charge on any atom is 0.433 e. The number of rotatable bonds is 5. The number of aromatic nitrogens is 3. The molecule has 2 atom stereocenters. The summed E-state index contributed by atoms with van der Waals surface area (Å²) in [6, 6.07) is 0.836. The summed E-state index contributed by atoms with van der Waals surface area (Å²) < 4.78 is 38.6. The molecular formula is C19H21F3N4O2. The second-order valence-electron chi connectivity index (χ2n) is 7.17. The van der Waals surface area contributed by atoms with Crippen LogP contribution in [0.4, 0.5) is 13.2 Å². The molecule has 3 rings (SSSR count). The molecule has 150 valence electrons. The summed E-state index contributed by atoms with van der Waals surface area (Å²) in [7, 11) is 0. The molecule has 6 nitrogen and oxygen atoms in total. The van der Waals surface area contributed by atoms with Crippen molar-refractivity contribution in [3.63, 3.8) is 0 Å². The highest BCUT2D eigenvalue weighted by atomic mass is 19.4. The van der Waals surface area contributed by atoms with E-state index in [1.165, 1.54) is 29.7 Å². The minimum absolute atomic E-state index is 0.0358. The quantitative estimate of drug-likeness (QED) is 0.843. The van der Waals surface area contributed by atoms with E-state index in [-0.39, 0.29) is 24.9 Å². The van der Waals surface area contributed by atoms with Crippen LogP contribution in [0.15, 0.2) is 30.9 Å². The van der Waals surface area contributed by atoms with Crippen molar-refractivity contribution in [2.75, 3.05) is 6.54 Å². The summed E-state index contributed by atoms with van der Waals surface area (Å²) in [4.78, 5) is 26.0. The Morgan fingerprint density at radius 2 is 1.93 bits per heavy atom. The van der Waals surface area contributed by atoms with Gasteiger partial charge in [0.15, 0.2) is 0 Å². The zero-order valence-electron chi connectivity index (χ0n) is 15.5. The van der Waals surface area contributed by atoms with E-state index in [9.17, 15) is 23.1 Å². The molecule has 1 amide bonds. The maximum absolute atomic E-state index is 13.0. The van der Waals surface area contributed by atoms with Gasteiger partial charge in [-0.25, -0.2) is 0 Å². The third kappa shape index (κ3) is 4.30.